The molecule has 2 aromatic rings. The number of piperidine rings is 1. The number of nitrogens with zero attached hydrogens (tertiary/aromatic N) is 1. The Morgan fingerprint density at radius 1 is 1.00 bits per heavy atom. The Hall–Kier alpha value is -2.82. The normalized spacial score (nSPS) is 18.3. The Bertz CT molecular complexity index is 821. The van der Waals surface area contributed by atoms with Crippen LogP contribution in [0.15, 0.2) is 48.5 Å². The number of carbonyl (C=O) groups is 2. The van der Waals surface area contributed by atoms with Gasteiger partial charge < -0.3 is 15.5 Å². The van der Waals surface area contributed by atoms with Gasteiger partial charge in [0, 0.05) is 37.2 Å². The van der Waals surface area contributed by atoms with Crippen molar-refractivity contribution < 1.29 is 9.59 Å². The van der Waals surface area contributed by atoms with Crippen molar-refractivity contribution in [1.82, 2.24) is 10.2 Å². The average molecular weight is 335 g/mol. The third kappa shape index (κ3) is 2.86. The van der Waals surface area contributed by atoms with E-state index in [2.05, 4.69) is 10.6 Å². The predicted molar refractivity (Wildman–Crippen MR) is 96.6 cm³/mol. The second-order valence-electron chi connectivity index (χ2n) is 6.87. The molecule has 2 aliphatic rings. The molecule has 2 aliphatic heterocycles. The maximum Gasteiger partial charge on any atom is 0.255 e. The molecule has 0 saturated carbocycles. The molecule has 0 aromatic heterocycles. The minimum absolute atomic E-state index is 0.0485. The smallest absolute Gasteiger partial charge is 0.255 e. The third-order valence-electron chi connectivity index (χ3n) is 5.10. The summed E-state index contributed by atoms with van der Waals surface area (Å²) in [4.78, 5) is 26.9. The van der Waals surface area contributed by atoms with Crippen LogP contribution in [0.2, 0.25) is 0 Å². The van der Waals surface area contributed by atoms with Gasteiger partial charge in [0.05, 0.1) is 5.56 Å². The molecule has 2 heterocycles. The van der Waals surface area contributed by atoms with Crippen LogP contribution < -0.4 is 10.6 Å². The lowest BCUT2D eigenvalue weighted by molar-refractivity contribution is 0.0639. The molecule has 1 fully saturated rings. The first kappa shape index (κ1) is 15.7. The van der Waals surface area contributed by atoms with Gasteiger partial charge in [-0.3, -0.25) is 9.59 Å². The van der Waals surface area contributed by atoms with Crippen LogP contribution in [0.1, 0.15) is 39.1 Å². The zero-order valence-corrected chi connectivity index (χ0v) is 14.2. The van der Waals surface area contributed by atoms with Crippen molar-refractivity contribution in [2.75, 3.05) is 18.4 Å². The number of carbonyl (C=O) groups excluding carboxylic acids is 2. The summed E-state index contributed by atoms with van der Waals surface area (Å²) in [5.74, 6) is 0.00467. The number of aryl methyl sites for hydroxylation is 1. The van der Waals surface area contributed by atoms with Crippen molar-refractivity contribution in [3.05, 3.63) is 65.2 Å². The third-order valence-corrected chi connectivity index (χ3v) is 5.10. The highest BCUT2D eigenvalue weighted by atomic mass is 16.2. The summed E-state index contributed by atoms with van der Waals surface area (Å²) in [7, 11) is 0. The molecule has 2 N–H and O–H groups in total. The van der Waals surface area contributed by atoms with E-state index in [9.17, 15) is 9.59 Å². The minimum Gasteiger partial charge on any atom is -0.362 e. The van der Waals surface area contributed by atoms with E-state index in [-0.39, 0.29) is 11.8 Å². The van der Waals surface area contributed by atoms with E-state index in [1.807, 2.05) is 60.4 Å². The van der Waals surface area contributed by atoms with Gasteiger partial charge in [0.25, 0.3) is 11.8 Å². The Kier molecular flexibility index (Phi) is 3.71. The molecule has 5 nitrogen and oxygen atoms in total. The van der Waals surface area contributed by atoms with Crippen LogP contribution in [0.4, 0.5) is 5.69 Å². The van der Waals surface area contributed by atoms with Crippen LogP contribution >= 0.6 is 0 Å². The second kappa shape index (κ2) is 5.92. The van der Waals surface area contributed by atoms with Crippen molar-refractivity contribution in [3.63, 3.8) is 0 Å². The fourth-order valence-electron chi connectivity index (χ4n) is 3.58. The van der Waals surface area contributed by atoms with Crippen molar-refractivity contribution >= 4 is 17.5 Å². The topological polar surface area (TPSA) is 61.4 Å². The molecule has 4 rings (SSSR count). The van der Waals surface area contributed by atoms with E-state index in [0.717, 1.165) is 11.3 Å². The summed E-state index contributed by atoms with van der Waals surface area (Å²) in [6, 6.07) is 15.2. The maximum atomic E-state index is 12.7. The maximum absolute atomic E-state index is 12.7. The number of amides is 2. The minimum atomic E-state index is -0.463. The summed E-state index contributed by atoms with van der Waals surface area (Å²) in [6.07, 6.45) is 1.37. The van der Waals surface area contributed by atoms with E-state index in [4.69, 9.17) is 0 Å². The molecule has 25 heavy (non-hydrogen) atoms. The van der Waals surface area contributed by atoms with Crippen LogP contribution in [0, 0.1) is 6.92 Å². The van der Waals surface area contributed by atoms with Gasteiger partial charge in [0.15, 0.2) is 0 Å². The number of nitrogens with one attached hydrogen (secondary N) is 2. The Labute approximate surface area is 147 Å². The van der Waals surface area contributed by atoms with Gasteiger partial charge in [-0.2, -0.15) is 0 Å². The van der Waals surface area contributed by atoms with Gasteiger partial charge in [-0.25, -0.2) is 0 Å². The monoisotopic (exact) mass is 335 g/mol. The average Bonchev–Trinajstić information content (AvgIpc) is 2.62. The molecule has 5 heteroatoms. The van der Waals surface area contributed by atoms with E-state index in [1.165, 1.54) is 0 Å². The molecule has 0 bridgehead atoms. The van der Waals surface area contributed by atoms with Gasteiger partial charge in [-0.1, -0.05) is 29.8 Å². The standard InChI is InChI=1S/C20H21N3O2/c1-14-6-8-15(9-7-14)19(25)23-12-10-20(11-13-23)21-17-5-3-2-4-16(17)18(24)22-20/h2-9,21H,10-13H2,1H3,(H,22,24). The van der Waals surface area contributed by atoms with E-state index >= 15 is 0 Å². The number of anilines is 1. The molecule has 2 aromatic carbocycles. The molecular weight excluding hydrogens is 314 g/mol. The van der Waals surface area contributed by atoms with E-state index in [0.29, 0.717) is 37.1 Å². The van der Waals surface area contributed by atoms with Crippen LogP contribution in [0.3, 0.4) is 0 Å². The van der Waals surface area contributed by atoms with Gasteiger partial charge in [0.2, 0.25) is 0 Å². The largest absolute Gasteiger partial charge is 0.362 e. The molecule has 1 spiro atoms. The highest BCUT2D eigenvalue weighted by Crippen LogP contribution is 2.31. The number of fused-ring (bicyclic) bond motifs is 1. The molecular formula is C20H21N3O2. The Morgan fingerprint density at radius 3 is 2.40 bits per heavy atom. The van der Waals surface area contributed by atoms with Gasteiger partial charge >= 0.3 is 0 Å². The molecule has 2 amide bonds. The first-order valence-corrected chi connectivity index (χ1v) is 8.62. The van der Waals surface area contributed by atoms with Gasteiger partial charge in [0.1, 0.15) is 5.66 Å². The first-order chi connectivity index (χ1) is 12.1. The number of hydrogen-bond acceptors (Lipinski definition) is 3. The van der Waals surface area contributed by atoms with Crippen molar-refractivity contribution in [2.24, 2.45) is 0 Å². The summed E-state index contributed by atoms with van der Waals surface area (Å²) < 4.78 is 0. The molecule has 0 unspecified atom stereocenters. The summed E-state index contributed by atoms with van der Waals surface area (Å²) in [5.41, 5.74) is 2.93. The lowest BCUT2D eigenvalue weighted by atomic mass is 9.92. The lowest BCUT2D eigenvalue weighted by Crippen LogP contribution is -2.62. The SMILES string of the molecule is Cc1ccc(C(=O)N2CCC3(CC2)NC(=O)c2ccccc2N3)cc1. The van der Waals surface area contributed by atoms with Crippen LogP contribution in [-0.4, -0.2) is 35.5 Å². The highest BCUT2D eigenvalue weighted by molar-refractivity contribution is 6.02. The molecule has 0 radical (unpaired) electrons. The van der Waals surface area contributed by atoms with Crippen LogP contribution in [0.5, 0.6) is 0 Å². The van der Waals surface area contributed by atoms with Crippen molar-refractivity contribution in [1.29, 1.82) is 0 Å². The number of hydrogen-bond donors (Lipinski definition) is 2. The van der Waals surface area contributed by atoms with E-state index in [1.54, 1.807) is 0 Å². The number of para-hydroxylation sites is 1. The van der Waals surface area contributed by atoms with Gasteiger partial charge in [-0.05, 0) is 31.2 Å². The molecule has 128 valence electrons. The highest BCUT2D eigenvalue weighted by Gasteiger charge is 2.40. The fraction of sp³-hybridized carbons (Fsp3) is 0.300. The summed E-state index contributed by atoms with van der Waals surface area (Å²) >= 11 is 0. The molecule has 0 atom stereocenters. The van der Waals surface area contributed by atoms with Crippen LogP contribution in [-0.2, 0) is 0 Å². The van der Waals surface area contributed by atoms with Crippen molar-refractivity contribution in [3.8, 4) is 0 Å². The number of likely N-dealkylation sites (tertiary alicyclic amines) is 1. The lowest BCUT2D eigenvalue weighted by Gasteiger charge is -2.45. The fourth-order valence-corrected chi connectivity index (χ4v) is 3.58. The van der Waals surface area contributed by atoms with Crippen LogP contribution in [0.25, 0.3) is 0 Å². The molecule has 0 aliphatic carbocycles. The quantitative estimate of drug-likeness (QED) is 0.842. The summed E-state index contributed by atoms with van der Waals surface area (Å²) in [6.45, 7) is 3.23. The first-order valence-electron chi connectivity index (χ1n) is 8.62. The molecule has 1 saturated heterocycles. The zero-order chi connectivity index (χ0) is 17.4. The zero-order valence-electron chi connectivity index (χ0n) is 14.2. The van der Waals surface area contributed by atoms with Gasteiger partial charge in [-0.15, -0.1) is 0 Å². The predicted octanol–water partition coefficient (Wildman–Crippen LogP) is 2.78. The Balaban J connectivity index is 1.47. The van der Waals surface area contributed by atoms with E-state index < -0.39 is 5.66 Å². The number of rotatable bonds is 1. The van der Waals surface area contributed by atoms with Crippen molar-refractivity contribution in [2.45, 2.75) is 25.4 Å². The summed E-state index contributed by atoms with van der Waals surface area (Å²) in [5, 5.41) is 6.59. The number of benzene rings is 2. The second-order valence-corrected chi connectivity index (χ2v) is 6.87. The Morgan fingerprint density at radius 2 is 1.68 bits per heavy atom.